The third kappa shape index (κ3) is 3.84. The van der Waals surface area contributed by atoms with Crippen molar-refractivity contribution in [2.24, 2.45) is 4.99 Å². The van der Waals surface area contributed by atoms with Crippen LogP contribution in [0.15, 0.2) is 76.9 Å². The summed E-state index contributed by atoms with van der Waals surface area (Å²) in [5.41, 5.74) is 2.74. The first-order chi connectivity index (χ1) is 13.1. The number of amides is 1. The largest absolute Gasteiger partial charge is 0.347 e. The topological polar surface area (TPSA) is 65.5 Å². The Hall–Kier alpha value is -2.76. The maximum atomic E-state index is 12.5. The number of anilines is 2. The molecule has 2 aromatic carbocycles. The predicted octanol–water partition coefficient (Wildman–Crippen LogP) is 4.59. The molecule has 0 fully saturated rings. The van der Waals surface area contributed by atoms with Crippen LogP contribution in [0, 0.1) is 0 Å². The van der Waals surface area contributed by atoms with E-state index >= 15 is 0 Å². The summed E-state index contributed by atoms with van der Waals surface area (Å²) >= 11 is 12.4. The molecule has 4 rings (SSSR count). The summed E-state index contributed by atoms with van der Waals surface area (Å²) in [4.78, 5) is 17.0. The Balaban J connectivity index is 1.49. The Bertz CT molecular complexity index is 962. The van der Waals surface area contributed by atoms with Gasteiger partial charge in [0.1, 0.15) is 0 Å². The molecule has 1 amide bonds. The van der Waals surface area contributed by atoms with E-state index in [2.05, 4.69) is 20.9 Å². The zero-order valence-corrected chi connectivity index (χ0v) is 15.7. The highest BCUT2D eigenvalue weighted by Crippen LogP contribution is 2.31. The highest BCUT2D eigenvalue weighted by molar-refractivity contribution is 6.39. The number of carbonyl (C=O) groups is 1. The Kier molecular flexibility index (Phi) is 4.88. The molecule has 0 saturated carbocycles. The summed E-state index contributed by atoms with van der Waals surface area (Å²) in [7, 11) is 0. The zero-order chi connectivity index (χ0) is 18.8. The molecular formula is C20H16Cl2N4O. The van der Waals surface area contributed by atoms with Gasteiger partial charge in [-0.3, -0.25) is 4.79 Å². The molecule has 0 saturated heterocycles. The molecule has 136 valence electrons. The van der Waals surface area contributed by atoms with E-state index in [0.29, 0.717) is 33.7 Å². The first-order valence-electron chi connectivity index (χ1n) is 8.44. The van der Waals surface area contributed by atoms with Gasteiger partial charge < -0.3 is 16.0 Å². The van der Waals surface area contributed by atoms with Gasteiger partial charge in [0, 0.05) is 11.3 Å². The summed E-state index contributed by atoms with van der Waals surface area (Å²) in [6.45, 7) is 0. The van der Waals surface area contributed by atoms with E-state index in [1.165, 1.54) is 0 Å². The lowest BCUT2D eigenvalue weighted by Crippen LogP contribution is -2.34. The molecule has 7 heteroatoms. The third-order valence-electron chi connectivity index (χ3n) is 4.29. The number of fused-ring (bicyclic) bond motifs is 1. The van der Waals surface area contributed by atoms with E-state index in [9.17, 15) is 4.79 Å². The van der Waals surface area contributed by atoms with Crippen LogP contribution < -0.4 is 16.0 Å². The number of nitrogens with one attached hydrogen (secondary N) is 3. The molecule has 0 radical (unpaired) electrons. The first-order valence-corrected chi connectivity index (χ1v) is 9.20. The molecule has 3 N–H and O–H groups in total. The van der Waals surface area contributed by atoms with E-state index in [1.807, 2.05) is 36.4 Å². The van der Waals surface area contributed by atoms with Gasteiger partial charge in [0.15, 0.2) is 0 Å². The van der Waals surface area contributed by atoms with Crippen molar-refractivity contribution in [3.05, 3.63) is 82.0 Å². The number of carbonyl (C=O) groups excluding carboxylic acids is 1. The van der Waals surface area contributed by atoms with Gasteiger partial charge in [-0.25, -0.2) is 4.99 Å². The van der Waals surface area contributed by atoms with Crippen molar-refractivity contribution in [3.63, 3.8) is 0 Å². The zero-order valence-electron chi connectivity index (χ0n) is 14.2. The summed E-state index contributed by atoms with van der Waals surface area (Å²) in [5.74, 6) is 0.400. The first kappa shape index (κ1) is 17.6. The minimum Gasteiger partial charge on any atom is -0.347 e. The van der Waals surface area contributed by atoms with Gasteiger partial charge in [0.05, 0.1) is 27.5 Å². The van der Waals surface area contributed by atoms with Gasteiger partial charge in [-0.15, -0.1) is 0 Å². The van der Waals surface area contributed by atoms with Gasteiger partial charge in [0.2, 0.25) is 5.96 Å². The van der Waals surface area contributed by atoms with E-state index in [-0.39, 0.29) is 11.9 Å². The number of rotatable bonds is 3. The number of aliphatic imine (C=N–C) groups is 1. The summed E-state index contributed by atoms with van der Waals surface area (Å²) in [6.07, 6.45) is 4.36. The molecule has 5 nitrogen and oxygen atoms in total. The number of halogens is 2. The third-order valence-corrected chi connectivity index (χ3v) is 4.92. The van der Waals surface area contributed by atoms with Crippen molar-refractivity contribution in [1.29, 1.82) is 0 Å². The van der Waals surface area contributed by atoms with Crippen molar-refractivity contribution >= 4 is 46.4 Å². The molecule has 27 heavy (non-hydrogen) atoms. The standard InChI is InChI=1S/C20H16Cl2N4O/c21-14-7-4-8-15(22)18(14)26-20-24-16-10-9-12(11-17(16)25-20)19(27)23-13-5-2-1-3-6-13/h1-9,11,16H,10H2,(H,23,27)(H2,24,25,26). The Labute approximate surface area is 166 Å². The maximum Gasteiger partial charge on any atom is 0.255 e. The normalized spacial score (nSPS) is 17.9. The van der Waals surface area contributed by atoms with Crippen molar-refractivity contribution in [2.45, 2.75) is 12.5 Å². The molecule has 0 aromatic heterocycles. The SMILES string of the molecule is O=C(Nc1ccccc1)C1=CCC2NC(Nc3c(Cl)cccc3Cl)=NC2=C1. The number of hydrogen-bond donors (Lipinski definition) is 3. The quantitative estimate of drug-likeness (QED) is 0.708. The van der Waals surface area contributed by atoms with Crippen molar-refractivity contribution < 1.29 is 4.79 Å². The fraction of sp³-hybridized carbons (Fsp3) is 0.100. The molecule has 2 aliphatic rings. The van der Waals surface area contributed by atoms with Crippen molar-refractivity contribution in [1.82, 2.24) is 5.32 Å². The lowest BCUT2D eigenvalue weighted by molar-refractivity contribution is -0.112. The Morgan fingerprint density at radius 3 is 2.56 bits per heavy atom. The van der Waals surface area contributed by atoms with Crippen LogP contribution in [0.1, 0.15) is 6.42 Å². The van der Waals surface area contributed by atoms with Crippen LogP contribution in [0.4, 0.5) is 11.4 Å². The second kappa shape index (κ2) is 7.47. The average molecular weight is 399 g/mol. The smallest absolute Gasteiger partial charge is 0.255 e. The Morgan fingerprint density at radius 1 is 1.07 bits per heavy atom. The molecule has 0 bridgehead atoms. The molecular weight excluding hydrogens is 383 g/mol. The molecule has 1 aliphatic heterocycles. The van der Waals surface area contributed by atoms with Crippen molar-refractivity contribution in [3.8, 4) is 0 Å². The number of benzene rings is 2. The second-order valence-electron chi connectivity index (χ2n) is 6.16. The summed E-state index contributed by atoms with van der Waals surface area (Å²) in [6, 6.07) is 14.7. The molecule has 1 heterocycles. The second-order valence-corrected chi connectivity index (χ2v) is 6.98. The molecule has 0 spiro atoms. The highest BCUT2D eigenvalue weighted by Gasteiger charge is 2.27. The molecule has 1 atom stereocenters. The molecule has 2 aromatic rings. The van der Waals surface area contributed by atoms with E-state index in [0.717, 1.165) is 11.4 Å². The van der Waals surface area contributed by atoms with Crippen LogP contribution in [0.25, 0.3) is 0 Å². The molecule has 1 aliphatic carbocycles. The van der Waals surface area contributed by atoms with Gasteiger partial charge in [-0.1, -0.05) is 53.5 Å². The maximum absolute atomic E-state index is 12.5. The number of para-hydroxylation sites is 2. The van der Waals surface area contributed by atoms with Gasteiger partial charge in [0.25, 0.3) is 5.91 Å². The van der Waals surface area contributed by atoms with Crippen LogP contribution in [-0.4, -0.2) is 17.9 Å². The lowest BCUT2D eigenvalue weighted by Gasteiger charge is -2.17. The fourth-order valence-corrected chi connectivity index (χ4v) is 3.43. The summed E-state index contributed by atoms with van der Waals surface area (Å²) in [5, 5.41) is 10.3. The van der Waals surface area contributed by atoms with Gasteiger partial charge >= 0.3 is 0 Å². The van der Waals surface area contributed by atoms with Crippen molar-refractivity contribution in [2.75, 3.05) is 10.6 Å². The average Bonchev–Trinajstić information content (AvgIpc) is 3.07. The van der Waals surface area contributed by atoms with Crippen LogP contribution in [-0.2, 0) is 4.79 Å². The van der Waals surface area contributed by atoms with E-state index in [1.54, 1.807) is 24.3 Å². The van der Waals surface area contributed by atoms with Gasteiger partial charge in [-0.05, 0) is 36.8 Å². The monoisotopic (exact) mass is 398 g/mol. The van der Waals surface area contributed by atoms with Crippen LogP contribution in [0.5, 0.6) is 0 Å². The van der Waals surface area contributed by atoms with Crippen LogP contribution >= 0.6 is 23.2 Å². The number of guanidine groups is 1. The summed E-state index contributed by atoms with van der Waals surface area (Å²) < 4.78 is 0. The minimum absolute atomic E-state index is 0.0158. The van der Waals surface area contributed by atoms with E-state index < -0.39 is 0 Å². The minimum atomic E-state index is -0.155. The van der Waals surface area contributed by atoms with E-state index in [4.69, 9.17) is 23.2 Å². The van der Waals surface area contributed by atoms with Crippen LogP contribution in [0.3, 0.4) is 0 Å². The highest BCUT2D eigenvalue weighted by atomic mass is 35.5. The fourth-order valence-electron chi connectivity index (χ4n) is 2.94. The predicted molar refractivity (Wildman–Crippen MR) is 110 cm³/mol. The van der Waals surface area contributed by atoms with Gasteiger partial charge in [-0.2, -0.15) is 0 Å². The lowest BCUT2D eigenvalue weighted by atomic mass is 10.00. The Morgan fingerprint density at radius 2 is 1.81 bits per heavy atom. The molecule has 1 unspecified atom stereocenters. The number of nitrogens with zero attached hydrogens (tertiary/aromatic N) is 1. The number of hydrogen-bond acceptors (Lipinski definition) is 4. The van der Waals surface area contributed by atoms with Crippen LogP contribution in [0.2, 0.25) is 10.0 Å².